The van der Waals surface area contributed by atoms with Crippen molar-refractivity contribution in [1.82, 2.24) is 8.87 Å². The van der Waals surface area contributed by atoms with Crippen molar-refractivity contribution < 1.29 is 22.7 Å². The quantitative estimate of drug-likeness (QED) is 0.437. The smallest absolute Gasteiger partial charge is 0.312 e. The van der Waals surface area contributed by atoms with Gasteiger partial charge in [-0.15, -0.1) is 6.58 Å². The summed E-state index contributed by atoms with van der Waals surface area (Å²) < 4.78 is 39.7. The zero-order valence-corrected chi connectivity index (χ0v) is 18.7. The van der Waals surface area contributed by atoms with E-state index in [-0.39, 0.29) is 16.9 Å². The molecule has 7 nitrogen and oxygen atoms in total. The fraction of sp³-hybridized carbons (Fsp3) is 0.292. The summed E-state index contributed by atoms with van der Waals surface area (Å²) in [5.74, 6) is -0.234. The lowest BCUT2D eigenvalue weighted by Gasteiger charge is -2.55. The molecule has 3 heterocycles. The van der Waals surface area contributed by atoms with E-state index in [0.717, 1.165) is 10.9 Å². The number of nitrogens with zero attached hydrogens (tertiary/aromatic N) is 2. The maximum absolute atomic E-state index is 13.9. The second kappa shape index (κ2) is 7.50. The molecule has 0 spiro atoms. The lowest BCUT2D eigenvalue weighted by molar-refractivity contribution is -0.163. The number of hydrogen-bond donors (Lipinski definition) is 0. The first-order chi connectivity index (χ1) is 15.4. The summed E-state index contributed by atoms with van der Waals surface area (Å²) in [5.41, 5.74) is 2.13. The summed E-state index contributed by atoms with van der Waals surface area (Å²) in [6, 6.07) is 13.2. The molecule has 0 bridgehead atoms. The van der Waals surface area contributed by atoms with Crippen molar-refractivity contribution >= 4 is 26.9 Å². The predicted octanol–water partition coefficient (Wildman–Crippen LogP) is 3.14. The minimum atomic E-state index is -3.91. The van der Waals surface area contributed by atoms with Crippen LogP contribution in [0, 0.1) is 5.92 Å². The van der Waals surface area contributed by atoms with E-state index < -0.39 is 22.0 Å². The van der Waals surface area contributed by atoms with Crippen LogP contribution >= 0.6 is 0 Å². The van der Waals surface area contributed by atoms with E-state index >= 15 is 0 Å². The number of methoxy groups -OCH3 is 2. The Hall–Kier alpha value is -3.10. The number of hydrogen-bond acceptors (Lipinski definition) is 6. The van der Waals surface area contributed by atoms with Crippen LogP contribution in [0.2, 0.25) is 0 Å². The van der Waals surface area contributed by atoms with Gasteiger partial charge in [0.2, 0.25) is 0 Å². The van der Waals surface area contributed by atoms with Crippen LogP contribution in [0.1, 0.15) is 17.3 Å². The third-order valence-corrected chi connectivity index (χ3v) is 8.36. The van der Waals surface area contributed by atoms with Crippen LogP contribution in [-0.4, -0.2) is 50.1 Å². The number of rotatable bonds is 5. The van der Waals surface area contributed by atoms with Gasteiger partial charge in [-0.2, -0.15) is 0 Å². The van der Waals surface area contributed by atoms with Crippen molar-refractivity contribution in [3.8, 4) is 5.75 Å². The first kappa shape index (κ1) is 20.8. The van der Waals surface area contributed by atoms with Crippen LogP contribution in [0.15, 0.2) is 66.1 Å². The summed E-state index contributed by atoms with van der Waals surface area (Å²) in [4.78, 5) is 15.0. The molecule has 0 unspecified atom stereocenters. The van der Waals surface area contributed by atoms with E-state index in [1.54, 1.807) is 55.7 Å². The molecular weight excluding hydrogens is 428 g/mol. The molecule has 2 aliphatic heterocycles. The number of ether oxygens (including phenoxy) is 2. The fourth-order valence-electron chi connectivity index (χ4n) is 5.20. The number of fused-ring (bicyclic) bond motifs is 5. The molecule has 1 aromatic heterocycles. The van der Waals surface area contributed by atoms with Gasteiger partial charge in [-0.1, -0.05) is 24.3 Å². The molecule has 3 atom stereocenters. The predicted molar refractivity (Wildman–Crippen MR) is 120 cm³/mol. The Balaban J connectivity index is 1.82. The average Bonchev–Trinajstić information content (AvgIpc) is 3.13. The minimum Gasteiger partial charge on any atom is -0.497 e. The largest absolute Gasteiger partial charge is 0.497 e. The minimum absolute atomic E-state index is 0.193. The Morgan fingerprint density at radius 1 is 1.16 bits per heavy atom. The van der Waals surface area contributed by atoms with Crippen molar-refractivity contribution in [2.24, 2.45) is 5.92 Å². The second-order valence-electron chi connectivity index (χ2n) is 8.04. The van der Waals surface area contributed by atoms with Gasteiger partial charge in [-0.05, 0) is 42.3 Å². The highest BCUT2D eigenvalue weighted by Crippen LogP contribution is 2.52. The first-order valence-corrected chi connectivity index (χ1v) is 11.9. The normalized spacial score (nSPS) is 22.5. The van der Waals surface area contributed by atoms with Crippen molar-refractivity contribution in [1.29, 1.82) is 0 Å². The molecule has 2 aromatic carbocycles. The summed E-state index contributed by atoms with van der Waals surface area (Å²) in [5, 5.41) is 0.823. The molecule has 1 fully saturated rings. The van der Waals surface area contributed by atoms with Gasteiger partial charge < -0.3 is 9.47 Å². The SMILES string of the molecule is C=C[C@@H]1[C@H](C(=O)OC)[C@H]2c3c(c4cc(OC)ccc4n3S(=O)(=O)c3ccccc3)CCN12. The summed E-state index contributed by atoms with van der Waals surface area (Å²) in [7, 11) is -0.973. The lowest BCUT2D eigenvalue weighted by atomic mass is 9.74. The van der Waals surface area contributed by atoms with Gasteiger partial charge in [0.25, 0.3) is 10.0 Å². The lowest BCUT2D eigenvalue weighted by Crippen LogP contribution is -2.62. The molecule has 0 aliphatic carbocycles. The zero-order chi connectivity index (χ0) is 22.6. The van der Waals surface area contributed by atoms with Crippen LogP contribution in [-0.2, 0) is 26.0 Å². The molecule has 0 amide bonds. The molecule has 0 N–H and O–H groups in total. The molecular formula is C24H24N2O5S. The highest BCUT2D eigenvalue weighted by atomic mass is 32.2. The Bertz CT molecular complexity index is 1330. The van der Waals surface area contributed by atoms with Crippen LogP contribution in [0.4, 0.5) is 0 Å². The number of esters is 1. The maximum Gasteiger partial charge on any atom is 0.312 e. The van der Waals surface area contributed by atoms with E-state index in [9.17, 15) is 13.2 Å². The molecule has 32 heavy (non-hydrogen) atoms. The summed E-state index contributed by atoms with van der Waals surface area (Å²) in [6.07, 6.45) is 2.40. The Morgan fingerprint density at radius 2 is 1.91 bits per heavy atom. The van der Waals surface area contributed by atoms with E-state index in [2.05, 4.69) is 11.5 Å². The standard InChI is InChI=1S/C24H24N2O5S/c1-4-19-21(24(27)31-3)23-22-17(12-13-25(19)23)18-14-15(30-2)10-11-20(18)26(22)32(28,29)16-8-6-5-7-9-16/h4-11,14,19,21,23H,1,12-13H2,2-3H3/t19-,21+,23+/m1/s1. The zero-order valence-electron chi connectivity index (χ0n) is 17.9. The fourth-order valence-corrected chi connectivity index (χ4v) is 6.80. The van der Waals surface area contributed by atoms with Crippen LogP contribution < -0.4 is 4.74 Å². The first-order valence-electron chi connectivity index (χ1n) is 10.4. The third kappa shape index (κ3) is 2.76. The number of carbonyl (C=O) groups excluding carboxylic acids is 1. The molecule has 3 aromatic rings. The Morgan fingerprint density at radius 3 is 2.56 bits per heavy atom. The molecule has 5 rings (SSSR count). The van der Waals surface area contributed by atoms with Crippen LogP contribution in [0.5, 0.6) is 5.75 Å². The molecule has 1 saturated heterocycles. The van der Waals surface area contributed by atoms with Gasteiger partial charge in [0.1, 0.15) is 5.75 Å². The maximum atomic E-state index is 13.9. The van der Waals surface area contributed by atoms with Gasteiger partial charge in [0.05, 0.1) is 42.3 Å². The number of aromatic nitrogens is 1. The Kier molecular flexibility index (Phi) is 4.87. The van der Waals surface area contributed by atoms with E-state index in [1.165, 1.54) is 11.1 Å². The van der Waals surface area contributed by atoms with Gasteiger partial charge in [0, 0.05) is 18.0 Å². The van der Waals surface area contributed by atoms with E-state index in [4.69, 9.17) is 9.47 Å². The topological polar surface area (TPSA) is 77.8 Å². The van der Waals surface area contributed by atoms with E-state index in [0.29, 0.717) is 29.9 Å². The molecule has 0 radical (unpaired) electrons. The van der Waals surface area contributed by atoms with Gasteiger partial charge in [-0.3, -0.25) is 9.69 Å². The number of benzene rings is 2. The van der Waals surface area contributed by atoms with E-state index in [1.807, 2.05) is 6.07 Å². The van der Waals surface area contributed by atoms with Gasteiger partial charge in [-0.25, -0.2) is 12.4 Å². The van der Waals surface area contributed by atoms with Gasteiger partial charge >= 0.3 is 5.97 Å². The van der Waals surface area contributed by atoms with Crippen molar-refractivity contribution in [2.75, 3.05) is 20.8 Å². The highest BCUT2D eigenvalue weighted by Gasteiger charge is 2.56. The third-order valence-electron chi connectivity index (χ3n) is 6.62. The molecule has 2 aliphatic rings. The summed E-state index contributed by atoms with van der Waals surface area (Å²) >= 11 is 0. The van der Waals surface area contributed by atoms with Crippen LogP contribution in [0.3, 0.4) is 0 Å². The van der Waals surface area contributed by atoms with Crippen LogP contribution in [0.25, 0.3) is 10.9 Å². The highest BCUT2D eigenvalue weighted by molar-refractivity contribution is 7.90. The number of carbonyl (C=O) groups is 1. The molecule has 0 saturated carbocycles. The van der Waals surface area contributed by atoms with Crippen molar-refractivity contribution in [3.05, 3.63) is 72.4 Å². The average molecular weight is 453 g/mol. The van der Waals surface area contributed by atoms with Crippen molar-refractivity contribution in [2.45, 2.75) is 23.4 Å². The second-order valence-corrected chi connectivity index (χ2v) is 9.82. The Labute approximate surface area is 186 Å². The summed E-state index contributed by atoms with van der Waals surface area (Å²) in [6.45, 7) is 4.59. The monoisotopic (exact) mass is 452 g/mol. The molecule has 8 heteroatoms. The van der Waals surface area contributed by atoms with Crippen molar-refractivity contribution in [3.63, 3.8) is 0 Å². The van der Waals surface area contributed by atoms with Gasteiger partial charge in [0.15, 0.2) is 0 Å². The molecule has 166 valence electrons.